The molecule has 0 unspecified atom stereocenters. The molecule has 1 N–H and O–H groups in total. The molecule has 1 aromatic carbocycles. The second kappa shape index (κ2) is 10.7. The van der Waals surface area contributed by atoms with Gasteiger partial charge in [-0.2, -0.15) is 5.26 Å². The van der Waals surface area contributed by atoms with E-state index in [-0.39, 0.29) is 17.2 Å². The summed E-state index contributed by atoms with van der Waals surface area (Å²) < 4.78 is 1.65. The average molecular weight is 561 g/mol. The molecular formula is C29H28N4O2S3. The Labute approximate surface area is 233 Å². The quantitative estimate of drug-likeness (QED) is 0.171. The van der Waals surface area contributed by atoms with Crippen molar-refractivity contribution in [3.8, 4) is 11.8 Å². The fraction of sp³-hybridized carbons (Fsp3) is 0.379. The number of hydrogen-bond acceptors (Lipinski definition) is 7. The fourth-order valence-corrected chi connectivity index (χ4v) is 9.01. The number of anilines is 1. The SMILES string of the molecule is C[C@@H]1CCc2c(sc3nc(SCC(=O)Nc4sc5c(c4C#N)CCCCC5)n(-c4ccccc4)c(=O)c23)C1. The normalized spacial score (nSPS) is 16.9. The van der Waals surface area contributed by atoms with Crippen LogP contribution in [0.5, 0.6) is 0 Å². The second-order valence-electron chi connectivity index (χ2n) is 10.1. The predicted octanol–water partition coefficient (Wildman–Crippen LogP) is 6.50. The molecule has 0 bridgehead atoms. The lowest BCUT2D eigenvalue weighted by atomic mass is 9.89. The highest BCUT2D eigenvalue weighted by Gasteiger charge is 2.26. The maximum atomic E-state index is 13.9. The second-order valence-corrected chi connectivity index (χ2v) is 13.3. The molecule has 0 saturated carbocycles. The molecule has 3 heterocycles. The van der Waals surface area contributed by atoms with Crippen LogP contribution in [0, 0.1) is 17.2 Å². The number of nitriles is 1. The van der Waals surface area contributed by atoms with Gasteiger partial charge in [-0.15, -0.1) is 22.7 Å². The Morgan fingerprint density at radius 1 is 1.13 bits per heavy atom. The molecule has 2 aliphatic rings. The summed E-state index contributed by atoms with van der Waals surface area (Å²) in [5.74, 6) is 0.506. The highest BCUT2D eigenvalue weighted by atomic mass is 32.2. The number of thioether (sulfide) groups is 1. The van der Waals surface area contributed by atoms with Crippen molar-refractivity contribution >= 4 is 55.6 Å². The molecule has 2 aliphatic carbocycles. The van der Waals surface area contributed by atoms with Crippen LogP contribution in [0.3, 0.4) is 0 Å². The molecule has 0 spiro atoms. The number of aryl methyl sites for hydroxylation is 2. The molecule has 0 saturated heterocycles. The molecule has 6 rings (SSSR count). The minimum absolute atomic E-state index is 0.0649. The van der Waals surface area contributed by atoms with Crippen molar-refractivity contribution in [2.45, 2.75) is 63.4 Å². The standard InChI is InChI=1S/C29H28N4O2S3/c1-17-12-13-20-23(14-17)38-27-25(20)28(35)33(18-8-4-2-5-9-18)29(32-27)36-16-24(34)31-26-21(15-30)19-10-6-3-7-11-22(19)37-26/h2,4-5,8-9,17H,3,6-7,10-14,16H2,1H3,(H,31,34)/t17-/m1/s1. The number of hydrogen-bond donors (Lipinski definition) is 1. The van der Waals surface area contributed by atoms with E-state index in [2.05, 4.69) is 18.3 Å². The number of fused-ring (bicyclic) bond motifs is 4. The van der Waals surface area contributed by atoms with E-state index in [0.717, 1.165) is 72.0 Å². The Bertz CT molecular complexity index is 1630. The van der Waals surface area contributed by atoms with Gasteiger partial charge in [-0.3, -0.25) is 14.2 Å². The number of nitrogens with zero attached hydrogens (tertiary/aromatic N) is 3. The molecule has 1 atom stereocenters. The third-order valence-corrected chi connectivity index (χ3v) is 10.7. The Morgan fingerprint density at radius 3 is 2.76 bits per heavy atom. The lowest BCUT2D eigenvalue weighted by molar-refractivity contribution is -0.113. The Balaban J connectivity index is 1.31. The highest BCUT2D eigenvalue weighted by Crippen LogP contribution is 2.38. The van der Waals surface area contributed by atoms with Gasteiger partial charge in [-0.05, 0) is 74.1 Å². The van der Waals surface area contributed by atoms with Gasteiger partial charge < -0.3 is 5.32 Å². The summed E-state index contributed by atoms with van der Waals surface area (Å²) in [5.41, 5.74) is 3.56. The maximum absolute atomic E-state index is 13.9. The minimum atomic E-state index is -0.198. The lowest BCUT2D eigenvalue weighted by Crippen LogP contribution is -2.23. The van der Waals surface area contributed by atoms with Crippen molar-refractivity contribution in [2.24, 2.45) is 5.92 Å². The third-order valence-electron chi connectivity index (χ3n) is 7.43. The van der Waals surface area contributed by atoms with Crippen LogP contribution in [0.1, 0.15) is 59.1 Å². The molecule has 3 aromatic heterocycles. The summed E-state index contributed by atoms with van der Waals surface area (Å²) in [4.78, 5) is 35.2. The van der Waals surface area contributed by atoms with E-state index in [1.807, 2.05) is 30.3 Å². The lowest BCUT2D eigenvalue weighted by Gasteiger charge is -2.17. The van der Waals surface area contributed by atoms with Gasteiger partial charge in [0.2, 0.25) is 5.91 Å². The van der Waals surface area contributed by atoms with Crippen LogP contribution in [0.2, 0.25) is 0 Å². The number of rotatable bonds is 5. The molecule has 38 heavy (non-hydrogen) atoms. The summed E-state index contributed by atoms with van der Waals surface area (Å²) in [6, 6.07) is 11.9. The van der Waals surface area contributed by atoms with Crippen LogP contribution in [0.4, 0.5) is 5.00 Å². The van der Waals surface area contributed by atoms with Crippen molar-refractivity contribution in [3.05, 3.63) is 67.1 Å². The van der Waals surface area contributed by atoms with Crippen LogP contribution in [-0.4, -0.2) is 21.2 Å². The molecule has 0 fully saturated rings. The van der Waals surface area contributed by atoms with Gasteiger partial charge in [0.1, 0.15) is 15.9 Å². The van der Waals surface area contributed by atoms with Crippen molar-refractivity contribution < 1.29 is 4.79 Å². The zero-order chi connectivity index (χ0) is 26.2. The van der Waals surface area contributed by atoms with Crippen molar-refractivity contribution in [3.63, 3.8) is 0 Å². The molecule has 6 nitrogen and oxygen atoms in total. The van der Waals surface area contributed by atoms with Crippen molar-refractivity contribution in [1.82, 2.24) is 9.55 Å². The number of benzene rings is 1. The minimum Gasteiger partial charge on any atom is -0.316 e. The molecule has 0 aliphatic heterocycles. The molecule has 1 amide bonds. The topological polar surface area (TPSA) is 87.8 Å². The van der Waals surface area contributed by atoms with Gasteiger partial charge in [0, 0.05) is 9.75 Å². The molecule has 194 valence electrons. The summed E-state index contributed by atoms with van der Waals surface area (Å²) in [5, 5.41) is 14.7. The first-order chi connectivity index (χ1) is 18.5. The maximum Gasteiger partial charge on any atom is 0.267 e. The van der Waals surface area contributed by atoms with Gasteiger partial charge in [0.05, 0.1) is 22.4 Å². The smallest absolute Gasteiger partial charge is 0.267 e. The zero-order valence-corrected chi connectivity index (χ0v) is 23.7. The van der Waals surface area contributed by atoms with Crippen LogP contribution in [-0.2, 0) is 30.5 Å². The summed E-state index contributed by atoms with van der Waals surface area (Å²) >= 11 is 4.42. The van der Waals surface area contributed by atoms with Crippen molar-refractivity contribution in [2.75, 3.05) is 11.1 Å². The van der Waals surface area contributed by atoms with Crippen molar-refractivity contribution in [1.29, 1.82) is 5.26 Å². The third kappa shape index (κ3) is 4.70. The van der Waals surface area contributed by atoms with E-state index in [9.17, 15) is 14.9 Å². The average Bonchev–Trinajstić information content (AvgIpc) is 3.34. The molecule has 4 aromatic rings. The molecule has 9 heteroatoms. The zero-order valence-electron chi connectivity index (χ0n) is 21.2. The molecular weight excluding hydrogens is 533 g/mol. The number of thiophene rings is 2. The van der Waals surface area contributed by atoms with Gasteiger partial charge >= 0.3 is 0 Å². The van der Waals surface area contributed by atoms with E-state index in [1.165, 1.54) is 39.3 Å². The number of nitrogens with one attached hydrogen (secondary N) is 1. The van der Waals surface area contributed by atoms with Gasteiger partial charge in [0.15, 0.2) is 5.16 Å². The first-order valence-corrected chi connectivity index (χ1v) is 15.8. The monoisotopic (exact) mass is 560 g/mol. The number of amides is 1. The van der Waals surface area contributed by atoms with Crippen LogP contribution < -0.4 is 10.9 Å². The number of carbonyl (C=O) groups is 1. The first-order valence-electron chi connectivity index (χ1n) is 13.1. The fourth-order valence-electron chi connectivity index (χ4n) is 5.51. The largest absolute Gasteiger partial charge is 0.316 e. The van der Waals surface area contributed by atoms with Crippen LogP contribution >= 0.6 is 34.4 Å². The Hall–Kier alpha value is -2.93. The van der Waals surface area contributed by atoms with E-state index < -0.39 is 0 Å². The summed E-state index contributed by atoms with van der Waals surface area (Å²) in [6.45, 7) is 2.26. The number of aromatic nitrogens is 2. The number of carbonyl (C=O) groups excluding carboxylic acids is 1. The summed E-state index contributed by atoms with van der Waals surface area (Å²) in [7, 11) is 0. The van der Waals surface area contributed by atoms with Gasteiger partial charge in [-0.25, -0.2) is 4.98 Å². The van der Waals surface area contributed by atoms with E-state index in [0.29, 0.717) is 21.6 Å². The summed E-state index contributed by atoms with van der Waals surface area (Å²) in [6.07, 6.45) is 8.22. The van der Waals surface area contributed by atoms with E-state index in [4.69, 9.17) is 4.98 Å². The first kappa shape index (κ1) is 25.4. The Morgan fingerprint density at radius 2 is 1.95 bits per heavy atom. The van der Waals surface area contributed by atoms with E-state index in [1.54, 1.807) is 15.9 Å². The van der Waals surface area contributed by atoms with Crippen LogP contribution in [0.15, 0.2) is 40.3 Å². The van der Waals surface area contributed by atoms with Gasteiger partial charge in [0.25, 0.3) is 5.56 Å². The molecule has 0 radical (unpaired) electrons. The highest BCUT2D eigenvalue weighted by molar-refractivity contribution is 7.99. The Kier molecular flexibility index (Phi) is 7.12. The van der Waals surface area contributed by atoms with E-state index >= 15 is 0 Å². The number of para-hydroxylation sites is 1. The van der Waals surface area contributed by atoms with Crippen LogP contribution in [0.25, 0.3) is 15.9 Å². The predicted molar refractivity (Wildman–Crippen MR) is 156 cm³/mol. The van der Waals surface area contributed by atoms with Gasteiger partial charge in [-0.1, -0.05) is 43.3 Å².